The van der Waals surface area contributed by atoms with Gasteiger partial charge in [-0.15, -0.1) is 0 Å². The van der Waals surface area contributed by atoms with Crippen molar-refractivity contribution < 1.29 is 14.3 Å². The van der Waals surface area contributed by atoms with Gasteiger partial charge in [0.1, 0.15) is 11.9 Å². The Balaban J connectivity index is 1.78. The SMILES string of the molecule is CCOC(=O)N[C@@H](Cc1cccc(C(=N)N)c1)C(=O)Nc1ccc(-c2ccccc2C#N)cc1. The highest BCUT2D eigenvalue weighted by Crippen LogP contribution is 2.24. The molecule has 0 heterocycles. The minimum atomic E-state index is -0.916. The Hall–Kier alpha value is -4.64. The van der Waals surface area contributed by atoms with E-state index < -0.39 is 18.0 Å². The van der Waals surface area contributed by atoms with E-state index in [4.69, 9.17) is 15.9 Å². The van der Waals surface area contributed by atoms with Crippen LogP contribution >= 0.6 is 0 Å². The third-order valence-electron chi connectivity index (χ3n) is 5.07. The van der Waals surface area contributed by atoms with Crippen molar-refractivity contribution >= 4 is 23.5 Å². The summed E-state index contributed by atoms with van der Waals surface area (Å²) in [5.41, 5.74) is 9.57. The summed E-state index contributed by atoms with van der Waals surface area (Å²) in [4.78, 5) is 25.1. The molecule has 0 unspecified atom stereocenters. The minimum absolute atomic E-state index is 0.0840. The molecule has 2 amide bonds. The van der Waals surface area contributed by atoms with E-state index >= 15 is 0 Å². The second kappa shape index (κ2) is 11.3. The van der Waals surface area contributed by atoms with Crippen LogP contribution in [0.15, 0.2) is 72.8 Å². The van der Waals surface area contributed by atoms with Crippen molar-refractivity contribution in [2.24, 2.45) is 5.73 Å². The number of nitrogens with one attached hydrogen (secondary N) is 3. The van der Waals surface area contributed by atoms with E-state index in [1.54, 1.807) is 55.5 Å². The topological polar surface area (TPSA) is 141 Å². The van der Waals surface area contributed by atoms with Gasteiger partial charge in [0.15, 0.2) is 0 Å². The number of amidine groups is 1. The van der Waals surface area contributed by atoms with E-state index in [9.17, 15) is 14.9 Å². The number of alkyl carbamates (subject to hydrolysis) is 1. The number of rotatable bonds is 8. The normalized spacial score (nSPS) is 11.1. The fourth-order valence-electron chi connectivity index (χ4n) is 3.42. The Morgan fingerprint density at radius 2 is 1.82 bits per heavy atom. The summed E-state index contributed by atoms with van der Waals surface area (Å²) in [6.07, 6.45) is -0.520. The van der Waals surface area contributed by atoms with Crippen LogP contribution in [0, 0.1) is 16.7 Å². The summed E-state index contributed by atoms with van der Waals surface area (Å²) in [6.45, 7) is 1.85. The van der Waals surface area contributed by atoms with Crippen molar-refractivity contribution in [3.05, 3.63) is 89.5 Å². The number of nitrogen functional groups attached to an aromatic ring is 1. The predicted octanol–water partition coefficient (Wildman–Crippen LogP) is 3.81. The first-order valence-corrected chi connectivity index (χ1v) is 10.7. The van der Waals surface area contributed by atoms with Crippen LogP contribution in [0.25, 0.3) is 11.1 Å². The van der Waals surface area contributed by atoms with E-state index in [0.29, 0.717) is 16.8 Å². The number of amides is 2. The zero-order valence-corrected chi connectivity index (χ0v) is 18.7. The summed E-state index contributed by atoms with van der Waals surface area (Å²) >= 11 is 0. The number of anilines is 1. The van der Waals surface area contributed by atoms with Crippen molar-refractivity contribution in [3.8, 4) is 17.2 Å². The molecule has 0 aliphatic heterocycles. The van der Waals surface area contributed by atoms with Gasteiger partial charge in [-0.25, -0.2) is 4.79 Å². The molecular formula is C26H25N5O3. The van der Waals surface area contributed by atoms with Gasteiger partial charge in [0.25, 0.3) is 0 Å². The maximum atomic E-state index is 13.0. The van der Waals surface area contributed by atoms with Gasteiger partial charge in [-0.05, 0) is 47.9 Å². The van der Waals surface area contributed by atoms with Crippen molar-refractivity contribution in [1.29, 1.82) is 10.7 Å². The van der Waals surface area contributed by atoms with Crippen LogP contribution in [0.2, 0.25) is 0 Å². The number of hydrogen-bond donors (Lipinski definition) is 4. The highest BCUT2D eigenvalue weighted by molar-refractivity contribution is 5.97. The molecule has 8 heteroatoms. The van der Waals surface area contributed by atoms with Crippen LogP contribution in [0.1, 0.15) is 23.6 Å². The van der Waals surface area contributed by atoms with Gasteiger partial charge >= 0.3 is 6.09 Å². The third-order valence-corrected chi connectivity index (χ3v) is 5.07. The van der Waals surface area contributed by atoms with Crippen molar-refractivity contribution in [2.45, 2.75) is 19.4 Å². The fraction of sp³-hybridized carbons (Fsp3) is 0.154. The average molecular weight is 456 g/mol. The fourth-order valence-corrected chi connectivity index (χ4v) is 3.42. The predicted molar refractivity (Wildman–Crippen MR) is 130 cm³/mol. The Labute approximate surface area is 197 Å². The molecule has 0 aliphatic rings. The van der Waals surface area contributed by atoms with Crippen LogP contribution in [0.4, 0.5) is 10.5 Å². The second-order valence-corrected chi connectivity index (χ2v) is 7.46. The Kier molecular flexibility index (Phi) is 7.97. The summed E-state index contributed by atoms with van der Waals surface area (Å²) < 4.78 is 4.95. The maximum Gasteiger partial charge on any atom is 0.407 e. The number of ether oxygens (including phenoxy) is 1. The maximum absolute atomic E-state index is 13.0. The van der Waals surface area contributed by atoms with E-state index in [1.165, 1.54) is 0 Å². The Morgan fingerprint density at radius 1 is 1.09 bits per heavy atom. The molecule has 3 aromatic carbocycles. The molecule has 0 radical (unpaired) electrons. The van der Waals surface area contributed by atoms with Gasteiger partial charge < -0.3 is 21.1 Å². The zero-order chi connectivity index (χ0) is 24.5. The molecule has 0 bridgehead atoms. The number of nitriles is 1. The lowest BCUT2D eigenvalue weighted by Gasteiger charge is -2.19. The molecule has 34 heavy (non-hydrogen) atoms. The molecule has 1 atom stereocenters. The van der Waals surface area contributed by atoms with E-state index in [1.807, 2.05) is 24.3 Å². The summed E-state index contributed by atoms with van der Waals surface area (Å²) in [5, 5.41) is 22.3. The Bertz CT molecular complexity index is 1230. The van der Waals surface area contributed by atoms with E-state index in [-0.39, 0.29) is 18.9 Å². The van der Waals surface area contributed by atoms with Gasteiger partial charge in [-0.2, -0.15) is 5.26 Å². The number of hydrogen-bond acceptors (Lipinski definition) is 5. The molecule has 0 aliphatic carbocycles. The molecule has 3 rings (SSSR count). The number of carbonyl (C=O) groups excluding carboxylic acids is 2. The van der Waals surface area contributed by atoms with Gasteiger partial charge in [-0.3, -0.25) is 10.2 Å². The molecular weight excluding hydrogens is 430 g/mol. The van der Waals surface area contributed by atoms with Crippen molar-refractivity contribution in [3.63, 3.8) is 0 Å². The minimum Gasteiger partial charge on any atom is -0.450 e. The van der Waals surface area contributed by atoms with Gasteiger partial charge in [0.2, 0.25) is 5.91 Å². The lowest BCUT2D eigenvalue weighted by molar-refractivity contribution is -0.118. The summed E-state index contributed by atoms with van der Waals surface area (Å²) in [5.74, 6) is -0.509. The average Bonchev–Trinajstić information content (AvgIpc) is 2.84. The van der Waals surface area contributed by atoms with Crippen LogP contribution in [0.5, 0.6) is 0 Å². The number of carbonyl (C=O) groups is 2. The van der Waals surface area contributed by atoms with Crippen LogP contribution < -0.4 is 16.4 Å². The number of nitrogens with two attached hydrogens (primary N) is 1. The lowest BCUT2D eigenvalue weighted by atomic mass is 10.00. The molecule has 0 aromatic heterocycles. The second-order valence-electron chi connectivity index (χ2n) is 7.46. The molecule has 0 spiro atoms. The first-order chi connectivity index (χ1) is 16.4. The third kappa shape index (κ3) is 6.20. The van der Waals surface area contributed by atoms with E-state index in [2.05, 4.69) is 16.7 Å². The molecule has 172 valence electrons. The quantitative estimate of drug-likeness (QED) is 0.302. The molecule has 3 aromatic rings. The summed E-state index contributed by atoms with van der Waals surface area (Å²) in [6, 6.07) is 22.6. The first kappa shape index (κ1) is 24.0. The van der Waals surface area contributed by atoms with Crippen LogP contribution in [-0.4, -0.2) is 30.5 Å². The highest BCUT2D eigenvalue weighted by Gasteiger charge is 2.22. The van der Waals surface area contributed by atoms with Crippen molar-refractivity contribution in [2.75, 3.05) is 11.9 Å². The van der Waals surface area contributed by atoms with Crippen LogP contribution in [-0.2, 0) is 16.0 Å². The van der Waals surface area contributed by atoms with Crippen molar-refractivity contribution in [1.82, 2.24) is 5.32 Å². The van der Waals surface area contributed by atoms with Crippen LogP contribution in [0.3, 0.4) is 0 Å². The summed E-state index contributed by atoms with van der Waals surface area (Å²) in [7, 11) is 0. The largest absolute Gasteiger partial charge is 0.450 e. The Morgan fingerprint density at radius 3 is 2.50 bits per heavy atom. The molecule has 0 fully saturated rings. The number of nitrogens with zero attached hydrogens (tertiary/aromatic N) is 1. The number of benzene rings is 3. The smallest absolute Gasteiger partial charge is 0.407 e. The standard InChI is InChI=1S/C26H25N5O3/c1-2-34-26(33)31-23(15-17-6-5-8-19(14-17)24(28)29)25(32)30-21-12-10-18(11-13-21)22-9-4-3-7-20(22)16-27/h3-14,23H,2,15H2,1H3,(H3,28,29)(H,30,32)(H,31,33)/t23-/m0/s1. The van der Waals surface area contributed by atoms with Gasteiger partial charge in [0, 0.05) is 17.7 Å². The highest BCUT2D eigenvalue weighted by atomic mass is 16.5. The zero-order valence-electron chi connectivity index (χ0n) is 18.7. The van der Waals surface area contributed by atoms with E-state index in [0.717, 1.165) is 16.7 Å². The molecule has 0 saturated carbocycles. The monoisotopic (exact) mass is 455 g/mol. The molecule has 5 N–H and O–H groups in total. The van der Waals surface area contributed by atoms with Gasteiger partial charge in [0.05, 0.1) is 18.2 Å². The van der Waals surface area contributed by atoms with Gasteiger partial charge in [-0.1, -0.05) is 48.5 Å². The first-order valence-electron chi connectivity index (χ1n) is 10.7. The molecule has 8 nitrogen and oxygen atoms in total. The lowest BCUT2D eigenvalue weighted by Crippen LogP contribution is -2.45. The molecule has 0 saturated heterocycles.